The Balaban J connectivity index is 0. The molecule has 0 aliphatic rings. The van der Waals surface area contributed by atoms with Crippen LogP contribution in [0.4, 0.5) is 0 Å². The molecule has 26 valence electrons. The fourth-order valence-electron chi connectivity index (χ4n) is 0. The molecule has 0 fully saturated rings. The van der Waals surface area contributed by atoms with Gasteiger partial charge in [-0.15, -0.1) is 6.58 Å². The first kappa shape index (κ1) is 9.33. The highest BCUT2D eigenvalue weighted by molar-refractivity contribution is 4.51. The molecule has 0 aliphatic carbocycles. The molecule has 0 radical (unpaired) electrons. The van der Waals surface area contributed by atoms with Gasteiger partial charge < -0.3 is 5.48 Å². The molecule has 0 rings (SSSR count). The summed E-state index contributed by atoms with van der Waals surface area (Å²) in [4.78, 5) is 0. The van der Waals surface area contributed by atoms with Crippen molar-refractivity contribution in [2.45, 2.75) is 6.92 Å². The maximum Gasteiger partial charge on any atom is -0.0473 e. The van der Waals surface area contributed by atoms with Crippen molar-refractivity contribution in [1.82, 2.24) is 0 Å². The molecule has 0 heterocycles. The molecule has 0 aromatic heterocycles. The van der Waals surface area contributed by atoms with Crippen LogP contribution in [0.25, 0.3) is 0 Å². The van der Waals surface area contributed by atoms with Crippen LogP contribution in [0.5, 0.6) is 0 Å². The number of hydrogen-bond acceptors (Lipinski definition) is 0. The number of allylic oxidation sites excluding steroid dienone is 1. The molecule has 0 spiro atoms. The summed E-state index contributed by atoms with van der Waals surface area (Å²) in [6.45, 7) is 5.25. The Morgan fingerprint density at radius 2 is 1.75 bits per heavy atom. The quantitative estimate of drug-likeness (QED) is 0.362. The van der Waals surface area contributed by atoms with Gasteiger partial charge in [-0.05, 0) is 6.92 Å². The molecule has 0 bridgehead atoms. The van der Waals surface area contributed by atoms with Crippen LogP contribution in [-0.2, 0) is 0 Å². The second-order valence-electron chi connectivity index (χ2n) is 0.408. The smallest absolute Gasteiger partial charge is 0.0473 e. The topological polar surface area (TPSA) is 31.5 Å². The third kappa shape index (κ3) is 9.26. The van der Waals surface area contributed by atoms with Crippen molar-refractivity contribution in [2.75, 3.05) is 0 Å². The summed E-state index contributed by atoms with van der Waals surface area (Å²) >= 11 is 0. The average Bonchev–Trinajstić information content (AvgIpc) is 0.918. The molecule has 0 saturated carbocycles. The van der Waals surface area contributed by atoms with Gasteiger partial charge in [0.25, 0.3) is 0 Å². The summed E-state index contributed by atoms with van der Waals surface area (Å²) in [6, 6.07) is 0. The standard InChI is InChI=1S/C3H6.H2O/c1-3-2;/h3H,1H2,2H3;1H2. The van der Waals surface area contributed by atoms with Crippen molar-refractivity contribution in [2.24, 2.45) is 0 Å². The van der Waals surface area contributed by atoms with Crippen molar-refractivity contribution in [3.8, 4) is 0 Å². The number of hydrogen-bond donors (Lipinski definition) is 0. The van der Waals surface area contributed by atoms with Gasteiger partial charge in [0.2, 0.25) is 0 Å². The second-order valence-corrected chi connectivity index (χ2v) is 0.408. The van der Waals surface area contributed by atoms with Gasteiger partial charge in [0.1, 0.15) is 0 Å². The zero-order chi connectivity index (χ0) is 2.71. The Bertz CT molecular complexity index is 10.8. The van der Waals surface area contributed by atoms with E-state index in [-0.39, 0.29) is 5.48 Å². The van der Waals surface area contributed by atoms with Gasteiger partial charge in [0.05, 0.1) is 0 Å². The van der Waals surface area contributed by atoms with Gasteiger partial charge in [0, 0.05) is 0 Å². The number of rotatable bonds is 0. The molecule has 0 aromatic rings. The van der Waals surface area contributed by atoms with Crippen LogP contribution in [0.3, 0.4) is 0 Å². The Morgan fingerprint density at radius 3 is 1.75 bits per heavy atom. The van der Waals surface area contributed by atoms with Crippen LogP contribution < -0.4 is 0 Å². The first-order valence-corrected chi connectivity index (χ1v) is 0.986. The summed E-state index contributed by atoms with van der Waals surface area (Å²) < 4.78 is 0. The molecule has 0 saturated heterocycles. The van der Waals surface area contributed by atoms with Crippen molar-refractivity contribution < 1.29 is 5.48 Å². The zero-order valence-corrected chi connectivity index (χ0v) is 2.78. The van der Waals surface area contributed by atoms with E-state index in [2.05, 4.69) is 6.58 Å². The van der Waals surface area contributed by atoms with E-state index in [1.54, 1.807) is 6.08 Å². The molecule has 2 N–H and O–H groups in total. The maximum absolute atomic E-state index is 3.36. The van der Waals surface area contributed by atoms with Gasteiger partial charge in [0.15, 0.2) is 0 Å². The molecular weight excluding hydrogens is 52.0 g/mol. The molecule has 1 nitrogen and oxygen atoms in total. The molecule has 0 aromatic carbocycles. The minimum absolute atomic E-state index is 0. The SMILES string of the molecule is C=CC.O. The first-order valence-electron chi connectivity index (χ1n) is 0.986. The Kier molecular flexibility index (Phi) is 37.2. The lowest BCUT2D eigenvalue weighted by molar-refractivity contribution is 0.824. The first-order chi connectivity index (χ1) is 1.41. The van der Waals surface area contributed by atoms with E-state index in [4.69, 9.17) is 0 Å². The van der Waals surface area contributed by atoms with E-state index in [0.717, 1.165) is 0 Å². The second kappa shape index (κ2) is 15.9. The molecular formula is C3H8O. The average molecular weight is 60.1 g/mol. The van der Waals surface area contributed by atoms with E-state index in [1.807, 2.05) is 6.92 Å². The molecule has 0 unspecified atom stereocenters. The van der Waals surface area contributed by atoms with Gasteiger partial charge in [-0.3, -0.25) is 0 Å². The lowest BCUT2D eigenvalue weighted by atomic mass is 10.8. The van der Waals surface area contributed by atoms with Crippen molar-refractivity contribution >= 4 is 0 Å². The third-order valence-corrected chi connectivity index (χ3v) is 0. The Hall–Kier alpha value is -0.300. The Morgan fingerprint density at radius 1 is 1.75 bits per heavy atom. The van der Waals surface area contributed by atoms with E-state index in [0.29, 0.717) is 0 Å². The van der Waals surface area contributed by atoms with Crippen LogP contribution in [0.15, 0.2) is 12.7 Å². The van der Waals surface area contributed by atoms with Crippen LogP contribution in [0.1, 0.15) is 6.92 Å². The van der Waals surface area contributed by atoms with E-state index in [1.165, 1.54) is 0 Å². The van der Waals surface area contributed by atoms with E-state index in [9.17, 15) is 0 Å². The summed E-state index contributed by atoms with van der Waals surface area (Å²) in [5, 5.41) is 0. The third-order valence-electron chi connectivity index (χ3n) is 0. The lowest BCUT2D eigenvalue weighted by Gasteiger charge is -1.31. The lowest BCUT2D eigenvalue weighted by Crippen LogP contribution is -1.07. The minimum atomic E-state index is 0. The normalized spacial score (nSPS) is 3.25. The fraction of sp³-hybridized carbons (Fsp3) is 0.333. The van der Waals surface area contributed by atoms with Gasteiger partial charge in [-0.25, -0.2) is 0 Å². The summed E-state index contributed by atoms with van der Waals surface area (Å²) in [5.74, 6) is 0. The van der Waals surface area contributed by atoms with Crippen molar-refractivity contribution in [3.63, 3.8) is 0 Å². The highest BCUT2D eigenvalue weighted by atomic mass is 16.0. The minimum Gasteiger partial charge on any atom is -0.412 e. The molecule has 0 atom stereocenters. The Labute approximate surface area is 26.3 Å². The zero-order valence-electron chi connectivity index (χ0n) is 2.78. The molecule has 4 heavy (non-hydrogen) atoms. The van der Waals surface area contributed by atoms with Crippen LogP contribution in [0, 0.1) is 0 Å². The van der Waals surface area contributed by atoms with Crippen LogP contribution in [-0.4, -0.2) is 5.48 Å². The van der Waals surface area contributed by atoms with Crippen LogP contribution >= 0.6 is 0 Å². The van der Waals surface area contributed by atoms with Gasteiger partial charge in [-0.1, -0.05) is 6.08 Å². The van der Waals surface area contributed by atoms with Gasteiger partial charge in [-0.2, -0.15) is 0 Å². The predicted molar refractivity (Wildman–Crippen MR) is 19.5 cm³/mol. The molecule has 0 amide bonds. The van der Waals surface area contributed by atoms with Crippen molar-refractivity contribution in [3.05, 3.63) is 12.7 Å². The summed E-state index contributed by atoms with van der Waals surface area (Å²) in [6.07, 6.45) is 1.75. The fourth-order valence-corrected chi connectivity index (χ4v) is 0. The monoisotopic (exact) mass is 60.1 g/mol. The maximum atomic E-state index is 3.36. The highest BCUT2D eigenvalue weighted by Crippen LogP contribution is 1.38. The van der Waals surface area contributed by atoms with Gasteiger partial charge >= 0.3 is 0 Å². The molecule has 1 heteroatoms. The summed E-state index contributed by atoms with van der Waals surface area (Å²) in [7, 11) is 0. The van der Waals surface area contributed by atoms with Crippen LogP contribution in [0.2, 0.25) is 0 Å². The summed E-state index contributed by atoms with van der Waals surface area (Å²) in [5.41, 5.74) is 0. The van der Waals surface area contributed by atoms with E-state index < -0.39 is 0 Å². The predicted octanol–water partition coefficient (Wildman–Crippen LogP) is 0.368. The molecule has 0 aliphatic heterocycles. The highest BCUT2D eigenvalue weighted by Gasteiger charge is 1.15. The van der Waals surface area contributed by atoms with E-state index >= 15 is 0 Å². The largest absolute Gasteiger partial charge is 0.412 e. The van der Waals surface area contributed by atoms with Crippen molar-refractivity contribution in [1.29, 1.82) is 0 Å².